The molecule has 2 N–H and O–H groups in total. The summed E-state index contributed by atoms with van der Waals surface area (Å²) >= 11 is 0. The van der Waals surface area contributed by atoms with E-state index in [0.717, 1.165) is 36.2 Å². The Kier molecular flexibility index (Phi) is 4.96. The lowest BCUT2D eigenvalue weighted by molar-refractivity contribution is -0.119. The van der Waals surface area contributed by atoms with Gasteiger partial charge in [-0.25, -0.2) is 4.79 Å². The first-order chi connectivity index (χ1) is 13.9. The number of rotatable bonds is 4. The number of hydrogen-bond acceptors (Lipinski definition) is 5. The standard InChI is InChI=1S/C22H23N3O4/c1-13-8-14(2)10-16(9-13)23-20(26)12-29-22(28)15-5-6-18-17(11-15)24-21(27)19-4-3-7-25(18)19/h5-6,8-11,19H,3-4,7,12H2,1-2H3,(H,23,26)(H,24,27)/t19-/m0/s1. The highest BCUT2D eigenvalue weighted by atomic mass is 16.5. The molecule has 1 atom stereocenters. The smallest absolute Gasteiger partial charge is 0.338 e. The Morgan fingerprint density at radius 1 is 1.17 bits per heavy atom. The highest BCUT2D eigenvalue weighted by molar-refractivity contribution is 6.05. The Morgan fingerprint density at radius 2 is 1.93 bits per heavy atom. The molecule has 0 aromatic heterocycles. The van der Waals surface area contributed by atoms with Crippen LogP contribution in [0.4, 0.5) is 17.1 Å². The molecular formula is C22H23N3O4. The van der Waals surface area contributed by atoms with Crippen LogP contribution in [0.25, 0.3) is 0 Å². The summed E-state index contributed by atoms with van der Waals surface area (Å²) in [6.07, 6.45) is 1.81. The molecular weight excluding hydrogens is 370 g/mol. The van der Waals surface area contributed by atoms with Crippen molar-refractivity contribution in [2.24, 2.45) is 0 Å². The molecule has 2 heterocycles. The van der Waals surface area contributed by atoms with Gasteiger partial charge in [0.25, 0.3) is 5.91 Å². The number of benzene rings is 2. The second-order valence-corrected chi connectivity index (χ2v) is 7.57. The average Bonchev–Trinajstić information content (AvgIpc) is 3.15. The summed E-state index contributed by atoms with van der Waals surface area (Å²) in [7, 11) is 0. The highest BCUT2D eigenvalue weighted by Crippen LogP contribution is 2.37. The first-order valence-electron chi connectivity index (χ1n) is 9.67. The minimum atomic E-state index is -0.610. The zero-order chi connectivity index (χ0) is 20.5. The molecule has 0 unspecified atom stereocenters. The van der Waals surface area contributed by atoms with Crippen LogP contribution in [0.15, 0.2) is 36.4 Å². The quantitative estimate of drug-likeness (QED) is 0.780. The lowest BCUT2D eigenvalue weighted by Gasteiger charge is -2.33. The molecule has 29 heavy (non-hydrogen) atoms. The van der Waals surface area contributed by atoms with E-state index in [1.807, 2.05) is 38.1 Å². The van der Waals surface area contributed by atoms with Gasteiger partial charge in [-0.2, -0.15) is 0 Å². The number of aryl methyl sites for hydroxylation is 2. The van der Waals surface area contributed by atoms with E-state index in [2.05, 4.69) is 15.5 Å². The summed E-state index contributed by atoms with van der Waals surface area (Å²) in [5, 5.41) is 5.60. The van der Waals surface area contributed by atoms with E-state index in [-0.39, 0.29) is 18.6 Å². The van der Waals surface area contributed by atoms with E-state index in [1.54, 1.807) is 12.1 Å². The van der Waals surface area contributed by atoms with E-state index in [9.17, 15) is 14.4 Å². The highest BCUT2D eigenvalue weighted by Gasteiger charge is 2.36. The third kappa shape index (κ3) is 3.94. The number of nitrogens with one attached hydrogen (secondary N) is 2. The van der Waals surface area contributed by atoms with Gasteiger partial charge in [0, 0.05) is 12.2 Å². The van der Waals surface area contributed by atoms with E-state index in [0.29, 0.717) is 16.9 Å². The summed E-state index contributed by atoms with van der Waals surface area (Å²) < 4.78 is 5.15. The van der Waals surface area contributed by atoms with Gasteiger partial charge in [0.2, 0.25) is 5.91 Å². The number of nitrogens with zero attached hydrogens (tertiary/aromatic N) is 1. The van der Waals surface area contributed by atoms with Gasteiger partial charge in [-0.05, 0) is 68.1 Å². The van der Waals surface area contributed by atoms with Gasteiger partial charge in [0.15, 0.2) is 6.61 Å². The van der Waals surface area contributed by atoms with Crippen molar-refractivity contribution in [2.75, 3.05) is 28.7 Å². The fraction of sp³-hybridized carbons (Fsp3) is 0.318. The summed E-state index contributed by atoms with van der Waals surface area (Å²) in [5.41, 5.74) is 4.54. The molecule has 0 saturated carbocycles. The topological polar surface area (TPSA) is 87.7 Å². The maximum Gasteiger partial charge on any atom is 0.338 e. The molecule has 2 aromatic rings. The number of anilines is 3. The van der Waals surface area contributed by atoms with Crippen LogP contribution in [0.5, 0.6) is 0 Å². The number of amides is 2. The number of hydrogen-bond donors (Lipinski definition) is 2. The van der Waals surface area contributed by atoms with Crippen molar-refractivity contribution in [2.45, 2.75) is 32.7 Å². The van der Waals surface area contributed by atoms with Gasteiger partial charge < -0.3 is 20.3 Å². The Morgan fingerprint density at radius 3 is 2.69 bits per heavy atom. The number of esters is 1. The van der Waals surface area contributed by atoms with Gasteiger partial charge in [0.05, 0.1) is 16.9 Å². The zero-order valence-electron chi connectivity index (χ0n) is 16.5. The molecule has 2 aromatic carbocycles. The summed E-state index contributed by atoms with van der Waals surface area (Å²) in [4.78, 5) is 38.8. The van der Waals surface area contributed by atoms with Crippen molar-refractivity contribution >= 4 is 34.8 Å². The first-order valence-corrected chi connectivity index (χ1v) is 9.67. The molecule has 7 nitrogen and oxygen atoms in total. The van der Waals surface area contributed by atoms with Crippen molar-refractivity contribution in [3.05, 3.63) is 53.1 Å². The van der Waals surface area contributed by atoms with Crippen LogP contribution < -0.4 is 15.5 Å². The van der Waals surface area contributed by atoms with Gasteiger partial charge in [0.1, 0.15) is 6.04 Å². The summed E-state index contributed by atoms with van der Waals surface area (Å²) in [6.45, 7) is 4.33. The predicted octanol–water partition coefficient (Wildman–Crippen LogP) is 3.02. The number of fused-ring (bicyclic) bond motifs is 3. The van der Waals surface area contributed by atoms with E-state index >= 15 is 0 Å². The zero-order valence-corrected chi connectivity index (χ0v) is 16.5. The largest absolute Gasteiger partial charge is 0.452 e. The number of carbonyl (C=O) groups excluding carboxylic acids is 3. The van der Waals surface area contributed by atoms with Crippen LogP contribution >= 0.6 is 0 Å². The third-order valence-electron chi connectivity index (χ3n) is 5.19. The fourth-order valence-corrected chi connectivity index (χ4v) is 4.02. The molecule has 4 rings (SSSR count). The van der Waals surface area contributed by atoms with Crippen LogP contribution in [0.3, 0.4) is 0 Å². The lowest BCUT2D eigenvalue weighted by atomic mass is 10.1. The van der Waals surface area contributed by atoms with Gasteiger partial charge in [-0.15, -0.1) is 0 Å². The van der Waals surface area contributed by atoms with Crippen molar-refractivity contribution in [3.8, 4) is 0 Å². The first kappa shape index (κ1) is 19.0. The van der Waals surface area contributed by atoms with Gasteiger partial charge >= 0.3 is 5.97 Å². The Hall–Kier alpha value is -3.35. The monoisotopic (exact) mass is 393 g/mol. The Labute approximate surface area is 169 Å². The van der Waals surface area contributed by atoms with Crippen LogP contribution in [0.2, 0.25) is 0 Å². The SMILES string of the molecule is Cc1cc(C)cc(NC(=O)COC(=O)c2ccc3c(c2)NC(=O)[C@@H]2CCCN32)c1. The molecule has 0 spiro atoms. The van der Waals surface area contributed by atoms with E-state index in [4.69, 9.17) is 4.74 Å². The second kappa shape index (κ2) is 7.58. The Balaban J connectivity index is 1.39. The van der Waals surface area contributed by atoms with Crippen molar-refractivity contribution in [3.63, 3.8) is 0 Å². The maximum absolute atomic E-state index is 12.4. The average molecular weight is 393 g/mol. The summed E-state index contributed by atoms with van der Waals surface area (Å²) in [5.74, 6) is -1.07. The van der Waals surface area contributed by atoms with Crippen LogP contribution in [0.1, 0.15) is 34.3 Å². The molecule has 150 valence electrons. The molecule has 2 amide bonds. The van der Waals surface area contributed by atoms with Crippen LogP contribution in [-0.4, -0.2) is 37.0 Å². The van der Waals surface area contributed by atoms with E-state index in [1.165, 1.54) is 0 Å². The second-order valence-electron chi connectivity index (χ2n) is 7.57. The molecule has 0 aliphatic carbocycles. The van der Waals surface area contributed by atoms with Crippen molar-refractivity contribution < 1.29 is 19.1 Å². The summed E-state index contributed by atoms with van der Waals surface area (Å²) in [6, 6.07) is 10.7. The molecule has 0 radical (unpaired) electrons. The lowest BCUT2D eigenvalue weighted by Crippen LogP contribution is -2.43. The minimum Gasteiger partial charge on any atom is -0.452 e. The molecule has 2 aliphatic rings. The third-order valence-corrected chi connectivity index (χ3v) is 5.19. The molecule has 7 heteroatoms. The van der Waals surface area contributed by atoms with Gasteiger partial charge in [-0.3, -0.25) is 9.59 Å². The fourth-order valence-electron chi connectivity index (χ4n) is 4.02. The number of carbonyl (C=O) groups is 3. The normalized spacial score (nSPS) is 17.2. The maximum atomic E-state index is 12.4. The Bertz CT molecular complexity index is 981. The van der Waals surface area contributed by atoms with Crippen LogP contribution in [0, 0.1) is 13.8 Å². The number of ether oxygens (including phenoxy) is 1. The molecule has 1 saturated heterocycles. The minimum absolute atomic E-state index is 0.0478. The molecule has 1 fully saturated rings. The van der Waals surface area contributed by atoms with Crippen molar-refractivity contribution in [1.29, 1.82) is 0 Å². The predicted molar refractivity (Wildman–Crippen MR) is 110 cm³/mol. The van der Waals surface area contributed by atoms with Gasteiger partial charge in [-0.1, -0.05) is 6.07 Å². The molecule has 0 bridgehead atoms. The van der Waals surface area contributed by atoms with Crippen LogP contribution in [-0.2, 0) is 14.3 Å². The molecule has 2 aliphatic heterocycles. The van der Waals surface area contributed by atoms with Crippen molar-refractivity contribution in [1.82, 2.24) is 0 Å². The van der Waals surface area contributed by atoms with E-state index < -0.39 is 11.9 Å².